The van der Waals surface area contributed by atoms with Crippen molar-refractivity contribution in [3.8, 4) is 0 Å². The summed E-state index contributed by atoms with van der Waals surface area (Å²) < 4.78 is 9.18. The summed E-state index contributed by atoms with van der Waals surface area (Å²) in [6.45, 7) is 5.76. The minimum Gasteiger partial charge on any atom is -0.372 e. The first-order valence-corrected chi connectivity index (χ1v) is 8.97. The Morgan fingerprint density at radius 2 is 2.38 bits per heavy atom. The van der Waals surface area contributed by atoms with Gasteiger partial charge in [-0.3, -0.25) is 4.68 Å². The third-order valence-electron chi connectivity index (χ3n) is 3.89. The van der Waals surface area contributed by atoms with Gasteiger partial charge in [0.25, 0.3) is 0 Å². The highest BCUT2D eigenvalue weighted by molar-refractivity contribution is 9.11. The SMILES string of the molecule is CCn1nccc1[C@@H]1OCC[C@H]1CNCc1ccc(Br)s1. The fourth-order valence-electron chi connectivity index (χ4n) is 2.85. The zero-order valence-corrected chi connectivity index (χ0v) is 14.5. The molecule has 1 aliphatic rings. The number of aromatic nitrogens is 2. The molecule has 6 heteroatoms. The number of nitrogens with one attached hydrogen (secondary N) is 1. The number of nitrogens with zero attached hydrogens (tertiary/aromatic N) is 2. The van der Waals surface area contributed by atoms with Gasteiger partial charge in [-0.05, 0) is 47.5 Å². The van der Waals surface area contributed by atoms with Gasteiger partial charge in [0, 0.05) is 43.2 Å². The van der Waals surface area contributed by atoms with Gasteiger partial charge < -0.3 is 10.1 Å². The minimum absolute atomic E-state index is 0.176. The number of rotatable bonds is 6. The summed E-state index contributed by atoms with van der Waals surface area (Å²) in [5, 5.41) is 7.92. The van der Waals surface area contributed by atoms with Crippen LogP contribution in [0.2, 0.25) is 0 Å². The van der Waals surface area contributed by atoms with Gasteiger partial charge in [-0.1, -0.05) is 0 Å². The van der Waals surface area contributed by atoms with Gasteiger partial charge in [0.2, 0.25) is 0 Å². The summed E-state index contributed by atoms with van der Waals surface area (Å²) >= 11 is 5.29. The summed E-state index contributed by atoms with van der Waals surface area (Å²) in [5.74, 6) is 0.524. The van der Waals surface area contributed by atoms with Gasteiger partial charge in [-0.2, -0.15) is 5.10 Å². The molecule has 0 aliphatic carbocycles. The molecule has 2 aromatic heterocycles. The number of halogens is 1. The van der Waals surface area contributed by atoms with Crippen LogP contribution in [0.25, 0.3) is 0 Å². The van der Waals surface area contributed by atoms with Crippen molar-refractivity contribution in [2.75, 3.05) is 13.2 Å². The fourth-order valence-corrected chi connectivity index (χ4v) is 4.30. The van der Waals surface area contributed by atoms with Gasteiger partial charge in [0.1, 0.15) is 6.10 Å². The predicted octanol–water partition coefficient (Wildman–Crippen LogP) is 3.59. The summed E-state index contributed by atoms with van der Waals surface area (Å²) in [4.78, 5) is 1.36. The van der Waals surface area contributed by atoms with E-state index in [1.54, 1.807) is 11.3 Å². The lowest BCUT2D eigenvalue weighted by Gasteiger charge is -2.19. The highest BCUT2D eigenvalue weighted by Crippen LogP contribution is 2.34. The Morgan fingerprint density at radius 3 is 3.14 bits per heavy atom. The molecule has 4 nitrogen and oxygen atoms in total. The van der Waals surface area contributed by atoms with Crippen LogP contribution in [0.5, 0.6) is 0 Å². The lowest BCUT2D eigenvalue weighted by atomic mass is 9.99. The molecule has 114 valence electrons. The van der Waals surface area contributed by atoms with Crippen molar-refractivity contribution in [3.05, 3.63) is 38.8 Å². The first kappa shape index (κ1) is 15.2. The van der Waals surface area contributed by atoms with E-state index in [2.05, 4.69) is 51.5 Å². The van der Waals surface area contributed by atoms with E-state index in [1.807, 2.05) is 10.9 Å². The maximum atomic E-state index is 5.95. The summed E-state index contributed by atoms with van der Waals surface area (Å²) in [6, 6.07) is 6.35. The van der Waals surface area contributed by atoms with Crippen molar-refractivity contribution in [2.45, 2.75) is 32.5 Å². The number of ether oxygens (including phenoxy) is 1. The molecule has 0 saturated carbocycles. The van der Waals surface area contributed by atoms with E-state index < -0.39 is 0 Å². The number of aryl methyl sites for hydroxylation is 1. The van der Waals surface area contributed by atoms with E-state index >= 15 is 0 Å². The molecular formula is C15H20BrN3OS. The van der Waals surface area contributed by atoms with E-state index in [0.717, 1.165) is 32.7 Å². The van der Waals surface area contributed by atoms with Crippen LogP contribution >= 0.6 is 27.3 Å². The highest BCUT2D eigenvalue weighted by Gasteiger charge is 2.31. The molecular weight excluding hydrogens is 350 g/mol. The smallest absolute Gasteiger partial charge is 0.103 e. The Hall–Kier alpha value is -0.690. The topological polar surface area (TPSA) is 39.1 Å². The van der Waals surface area contributed by atoms with Crippen LogP contribution in [0.4, 0.5) is 0 Å². The van der Waals surface area contributed by atoms with Gasteiger partial charge >= 0.3 is 0 Å². The second-order valence-corrected chi connectivity index (χ2v) is 7.80. The molecule has 2 aromatic rings. The van der Waals surface area contributed by atoms with Gasteiger partial charge in [0.05, 0.1) is 9.48 Å². The third-order valence-corrected chi connectivity index (χ3v) is 5.51. The molecule has 0 aromatic carbocycles. The Balaban J connectivity index is 1.57. The van der Waals surface area contributed by atoms with Crippen molar-refractivity contribution >= 4 is 27.3 Å². The third kappa shape index (κ3) is 3.56. The van der Waals surface area contributed by atoms with E-state index in [4.69, 9.17) is 4.74 Å². The van der Waals surface area contributed by atoms with Crippen molar-refractivity contribution in [2.24, 2.45) is 5.92 Å². The molecule has 1 N–H and O–H groups in total. The van der Waals surface area contributed by atoms with Crippen LogP contribution in [0.1, 0.15) is 30.0 Å². The maximum absolute atomic E-state index is 5.95. The molecule has 1 fully saturated rings. The van der Waals surface area contributed by atoms with E-state index in [9.17, 15) is 0 Å². The number of hydrogen-bond donors (Lipinski definition) is 1. The molecule has 3 heterocycles. The van der Waals surface area contributed by atoms with Crippen LogP contribution in [0.3, 0.4) is 0 Å². The Bertz CT molecular complexity index is 583. The number of thiophene rings is 1. The summed E-state index contributed by atoms with van der Waals surface area (Å²) in [6.07, 6.45) is 3.16. The average Bonchev–Trinajstić information content (AvgIpc) is 3.18. The van der Waals surface area contributed by atoms with Crippen molar-refractivity contribution in [3.63, 3.8) is 0 Å². The molecule has 0 amide bonds. The normalized spacial score (nSPS) is 22.0. The number of hydrogen-bond acceptors (Lipinski definition) is 4. The standard InChI is InChI=1S/C15H20BrN3OS/c1-2-19-13(5-7-18-19)15-11(6-8-20-15)9-17-10-12-3-4-14(16)21-12/h3-5,7,11,15,17H,2,6,8-10H2,1H3/t11-,15+/m0/s1. The lowest BCUT2D eigenvalue weighted by Crippen LogP contribution is -2.25. The summed E-state index contributed by atoms with van der Waals surface area (Å²) in [5.41, 5.74) is 1.21. The first-order chi connectivity index (χ1) is 10.3. The van der Waals surface area contributed by atoms with E-state index in [-0.39, 0.29) is 6.10 Å². The monoisotopic (exact) mass is 369 g/mol. The van der Waals surface area contributed by atoms with Crippen molar-refractivity contribution < 1.29 is 4.74 Å². The lowest BCUT2D eigenvalue weighted by molar-refractivity contribution is 0.0830. The van der Waals surface area contributed by atoms with Crippen LogP contribution in [0, 0.1) is 5.92 Å². The highest BCUT2D eigenvalue weighted by atomic mass is 79.9. The first-order valence-electron chi connectivity index (χ1n) is 7.36. The van der Waals surface area contributed by atoms with E-state index in [1.165, 1.54) is 14.4 Å². The van der Waals surface area contributed by atoms with Gasteiger partial charge in [-0.15, -0.1) is 11.3 Å². The molecule has 1 aliphatic heterocycles. The molecule has 3 rings (SSSR count). The largest absolute Gasteiger partial charge is 0.372 e. The maximum Gasteiger partial charge on any atom is 0.103 e. The van der Waals surface area contributed by atoms with Crippen LogP contribution in [-0.4, -0.2) is 22.9 Å². The minimum atomic E-state index is 0.176. The zero-order valence-electron chi connectivity index (χ0n) is 12.1. The van der Waals surface area contributed by atoms with Crippen LogP contribution in [-0.2, 0) is 17.8 Å². The fraction of sp³-hybridized carbons (Fsp3) is 0.533. The van der Waals surface area contributed by atoms with Crippen molar-refractivity contribution in [1.29, 1.82) is 0 Å². The molecule has 21 heavy (non-hydrogen) atoms. The second-order valence-electron chi connectivity index (χ2n) is 5.25. The van der Waals surface area contributed by atoms with E-state index in [0.29, 0.717) is 5.92 Å². The van der Waals surface area contributed by atoms with Gasteiger partial charge in [-0.25, -0.2) is 0 Å². The molecule has 0 bridgehead atoms. The molecule has 1 saturated heterocycles. The summed E-state index contributed by atoms with van der Waals surface area (Å²) in [7, 11) is 0. The molecule has 2 atom stereocenters. The molecule has 0 unspecified atom stereocenters. The van der Waals surface area contributed by atoms with Crippen LogP contribution in [0.15, 0.2) is 28.2 Å². The molecule has 0 spiro atoms. The predicted molar refractivity (Wildman–Crippen MR) is 88.4 cm³/mol. The zero-order chi connectivity index (χ0) is 14.7. The van der Waals surface area contributed by atoms with Crippen molar-refractivity contribution in [1.82, 2.24) is 15.1 Å². The Morgan fingerprint density at radius 1 is 1.48 bits per heavy atom. The quantitative estimate of drug-likeness (QED) is 0.845. The molecule has 0 radical (unpaired) electrons. The van der Waals surface area contributed by atoms with Crippen LogP contribution < -0.4 is 5.32 Å². The average molecular weight is 370 g/mol. The van der Waals surface area contributed by atoms with Gasteiger partial charge in [0.15, 0.2) is 0 Å². The Kier molecular flexibility index (Phi) is 5.11. The Labute approximate surface area is 137 Å². The second kappa shape index (κ2) is 7.05.